The Morgan fingerprint density at radius 2 is 2.22 bits per heavy atom. The molecule has 1 aliphatic rings. The van der Waals surface area contributed by atoms with Crippen LogP contribution in [-0.4, -0.2) is 41.2 Å². The predicted octanol–water partition coefficient (Wildman–Crippen LogP) is 2.76. The van der Waals surface area contributed by atoms with Gasteiger partial charge in [0.2, 0.25) is 0 Å². The fraction of sp³-hybridized carbons (Fsp3) is 0.412. The van der Waals surface area contributed by atoms with Gasteiger partial charge in [0.1, 0.15) is 5.75 Å². The second kappa shape index (κ2) is 6.68. The van der Waals surface area contributed by atoms with Crippen molar-refractivity contribution in [3.8, 4) is 5.75 Å². The first kappa shape index (κ1) is 16.0. The monoisotopic (exact) mass is 332 g/mol. The zero-order valence-electron chi connectivity index (χ0n) is 13.2. The van der Waals surface area contributed by atoms with Crippen molar-refractivity contribution in [3.05, 3.63) is 45.9 Å². The summed E-state index contributed by atoms with van der Waals surface area (Å²) in [5.41, 5.74) is 1.98. The van der Waals surface area contributed by atoms with E-state index in [0.717, 1.165) is 22.0 Å². The average molecular weight is 332 g/mol. The van der Waals surface area contributed by atoms with Gasteiger partial charge in [-0.3, -0.25) is 9.69 Å². The third-order valence-electron chi connectivity index (χ3n) is 4.30. The van der Waals surface area contributed by atoms with Gasteiger partial charge in [-0.1, -0.05) is 18.2 Å². The summed E-state index contributed by atoms with van der Waals surface area (Å²) < 4.78 is 5.42. The second-order valence-electron chi connectivity index (χ2n) is 5.85. The molecule has 2 heterocycles. The van der Waals surface area contributed by atoms with Crippen molar-refractivity contribution in [2.24, 2.45) is 5.92 Å². The lowest BCUT2D eigenvalue weighted by Gasteiger charge is -2.18. The Bertz CT molecular complexity index is 701. The highest BCUT2D eigenvalue weighted by atomic mass is 32.1. The molecule has 0 bridgehead atoms. The van der Waals surface area contributed by atoms with Crippen LogP contribution in [-0.2, 0) is 11.3 Å². The van der Waals surface area contributed by atoms with Crippen LogP contribution in [0.25, 0.3) is 0 Å². The summed E-state index contributed by atoms with van der Waals surface area (Å²) in [5, 5.41) is 12.7. The Hall–Kier alpha value is -1.92. The topological polar surface area (TPSA) is 62.7 Å². The molecule has 0 unspecified atom stereocenters. The molecular weight excluding hydrogens is 312 g/mol. The first-order valence-corrected chi connectivity index (χ1v) is 8.45. The minimum absolute atomic E-state index is 0.0663. The molecule has 1 N–H and O–H groups in total. The molecule has 2 atom stereocenters. The first-order chi connectivity index (χ1) is 11.1. The maximum Gasteiger partial charge on any atom is 0.308 e. The van der Waals surface area contributed by atoms with Gasteiger partial charge in [0.15, 0.2) is 0 Å². The molecule has 1 aliphatic heterocycles. The van der Waals surface area contributed by atoms with E-state index in [-0.39, 0.29) is 5.92 Å². The van der Waals surface area contributed by atoms with Crippen LogP contribution >= 0.6 is 11.3 Å². The number of hydrogen-bond acceptors (Lipinski definition) is 5. The smallest absolute Gasteiger partial charge is 0.308 e. The molecule has 122 valence electrons. The molecule has 23 heavy (non-hydrogen) atoms. The van der Waals surface area contributed by atoms with Gasteiger partial charge in [-0.15, -0.1) is 11.3 Å². The second-order valence-corrected chi connectivity index (χ2v) is 6.91. The molecule has 0 amide bonds. The fourth-order valence-corrected chi connectivity index (χ4v) is 3.87. The molecule has 1 aromatic carbocycles. The molecule has 6 heteroatoms. The number of nitrogens with zero attached hydrogens (tertiary/aromatic N) is 2. The lowest BCUT2D eigenvalue weighted by molar-refractivity contribution is -0.141. The number of ether oxygens (including phenoxy) is 1. The van der Waals surface area contributed by atoms with Gasteiger partial charge in [-0.05, 0) is 18.6 Å². The molecule has 1 aromatic heterocycles. The lowest BCUT2D eigenvalue weighted by atomic mass is 9.88. The van der Waals surface area contributed by atoms with E-state index in [1.54, 1.807) is 18.4 Å². The minimum atomic E-state index is -0.752. The number of thiazole rings is 1. The number of likely N-dealkylation sites (tertiary alicyclic amines) is 1. The summed E-state index contributed by atoms with van der Waals surface area (Å²) >= 11 is 1.62. The van der Waals surface area contributed by atoms with Crippen LogP contribution in [0, 0.1) is 12.8 Å². The largest absolute Gasteiger partial charge is 0.496 e. The van der Waals surface area contributed by atoms with Gasteiger partial charge in [0.25, 0.3) is 0 Å². The van der Waals surface area contributed by atoms with Crippen molar-refractivity contribution >= 4 is 17.3 Å². The number of carbonyl (C=O) groups is 1. The number of rotatable bonds is 5. The highest BCUT2D eigenvalue weighted by Crippen LogP contribution is 2.38. The average Bonchev–Trinajstić information content (AvgIpc) is 3.14. The third kappa shape index (κ3) is 3.38. The number of aryl methyl sites for hydroxylation is 1. The molecule has 0 saturated carbocycles. The van der Waals surface area contributed by atoms with Gasteiger partial charge in [-0.25, -0.2) is 4.98 Å². The van der Waals surface area contributed by atoms with E-state index >= 15 is 0 Å². The summed E-state index contributed by atoms with van der Waals surface area (Å²) in [6.45, 7) is 3.91. The predicted molar refractivity (Wildman–Crippen MR) is 89.0 cm³/mol. The number of para-hydroxylation sites is 1. The standard InChI is InChI=1S/C17H20N2O3S/c1-11-18-12(10-23-11)7-19-8-14(15(9-19)17(20)21)13-5-3-4-6-16(13)22-2/h3-6,10,14-15H,7-9H2,1-2H3,(H,20,21)/t14-,15+/m0/s1. The summed E-state index contributed by atoms with van der Waals surface area (Å²) in [4.78, 5) is 18.4. The van der Waals surface area contributed by atoms with Gasteiger partial charge >= 0.3 is 5.97 Å². The van der Waals surface area contributed by atoms with Crippen molar-refractivity contribution in [2.45, 2.75) is 19.4 Å². The summed E-state index contributed by atoms with van der Waals surface area (Å²) in [6, 6.07) is 7.70. The Balaban J connectivity index is 1.82. The molecule has 5 nitrogen and oxygen atoms in total. The van der Waals surface area contributed by atoms with Gasteiger partial charge in [0, 0.05) is 30.9 Å². The minimum Gasteiger partial charge on any atom is -0.496 e. The fourth-order valence-electron chi connectivity index (χ4n) is 3.26. The van der Waals surface area contributed by atoms with Crippen molar-refractivity contribution in [2.75, 3.05) is 20.2 Å². The number of hydrogen-bond donors (Lipinski definition) is 1. The summed E-state index contributed by atoms with van der Waals surface area (Å²) in [6.07, 6.45) is 0. The summed E-state index contributed by atoms with van der Waals surface area (Å²) in [7, 11) is 1.62. The quantitative estimate of drug-likeness (QED) is 0.912. The Kier molecular flexibility index (Phi) is 4.63. The van der Waals surface area contributed by atoms with E-state index in [1.165, 1.54) is 0 Å². The normalized spacial score (nSPS) is 21.5. The van der Waals surface area contributed by atoms with Crippen LogP contribution in [0.4, 0.5) is 0 Å². The molecule has 0 radical (unpaired) electrons. The van der Waals surface area contributed by atoms with Gasteiger partial charge in [-0.2, -0.15) is 0 Å². The van der Waals surface area contributed by atoms with Crippen LogP contribution in [0.5, 0.6) is 5.75 Å². The van der Waals surface area contributed by atoms with Gasteiger partial charge in [0.05, 0.1) is 23.7 Å². The van der Waals surface area contributed by atoms with E-state index in [0.29, 0.717) is 19.6 Å². The zero-order chi connectivity index (χ0) is 16.4. The SMILES string of the molecule is COc1ccccc1[C@@H]1CN(Cc2csc(C)n2)C[C@H]1C(=O)O. The lowest BCUT2D eigenvalue weighted by Crippen LogP contribution is -2.23. The van der Waals surface area contributed by atoms with E-state index in [1.807, 2.05) is 36.6 Å². The molecule has 3 rings (SSSR count). The highest BCUT2D eigenvalue weighted by molar-refractivity contribution is 7.09. The number of methoxy groups -OCH3 is 1. The Morgan fingerprint density at radius 3 is 2.87 bits per heavy atom. The van der Waals surface area contributed by atoms with Crippen molar-refractivity contribution in [3.63, 3.8) is 0 Å². The zero-order valence-corrected chi connectivity index (χ0v) is 14.0. The van der Waals surface area contributed by atoms with Gasteiger partial charge < -0.3 is 9.84 Å². The van der Waals surface area contributed by atoms with Crippen LogP contribution < -0.4 is 4.74 Å². The maximum absolute atomic E-state index is 11.7. The molecule has 1 saturated heterocycles. The number of carboxylic acids is 1. The van der Waals surface area contributed by atoms with Crippen LogP contribution in [0.15, 0.2) is 29.6 Å². The van der Waals surface area contributed by atoms with Crippen LogP contribution in [0.1, 0.15) is 22.2 Å². The highest BCUT2D eigenvalue weighted by Gasteiger charge is 2.39. The molecule has 0 spiro atoms. The van der Waals surface area contributed by atoms with E-state index in [2.05, 4.69) is 9.88 Å². The number of benzene rings is 1. The summed E-state index contributed by atoms with van der Waals surface area (Å²) in [5.74, 6) is -0.484. The van der Waals surface area contributed by atoms with Crippen LogP contribution in [0.2, 0.25) is 0 Å². The van der Waals surface area contributed by atoms with Crippen molar-refractivity contribution in [1.82, 2.24) is 9.88 Å². The van der Waals surface area contributed by atoms with E-state index in [9.17, 15) is 9.90 Å². The van der Waals surface area contributed by atoms with Crippen molar-refractivity contribution in [1.29, 1.82) is 0 Å². The maximum atomic E-state index is 11.7. The molecular formula is C17H20N2O3S. The van der Waals surface area contributed by atoms with E-state index < -0.39 is 11.9 Å². The van der Waals surface area contributed by atoms with Crippen LogP contribution in [0.3, 0.4) is 0 Å². The first-order valence-electron chi connectivity index (χ1n) is 7.57. The molecule has 1 fully saturated rings. The third-order valence-corrected chi connectivity index (χ3v) is 5.13. The molecule has 2 aromatic rings. The van der Waals surface area contributed by atoms with Crippen molar-refractivity contribution < 1.29 is 14.6 Å². The Labute approximate surface area is 139 Å². The van der Waals surface area contributed by atoms with E-state index in [4.69, 9.17) is 4.74 Å². The Morgan fingerprint density at radius 1 is 1.43 bits per heavy atom. The number of carboxylic acid groups (broad SMARTS) is 1. The molecule has 0 aliphatic carbocycles. The number of aromatic nitrogens is 1. The number of aliphatic carboxylic acids is 1.